The van der Waals surface area contributed by atoms with E-state index in [2.05, 4.69) is 11.1 Å². The van der Waals surface area contributed by atoms with Crippen LogP contribution in [0.15, 0.2) is 36.5 Å². The maximum absolute atomic E-state index is 13.7. The number of piperidine rings is 1. The van der Waals surface area contributed by atoms with Crippen LogP contribution in [-0.4, -0.2) is 47.4 Å². The molecule has 1 amide bonds. The van der Waals surface area contributed by atoms with Crippen molar-refractivity contribution >= 4 is 42.6 Å². The third-order valence-corrected chi connectivity index (χ3v) is 8.04. The van der Waals surface area contributed by atoms with E-state index in [1.165, 1.54) is 21.9 Å². The van der Waals surface area contributed by atoms with E-state index in [1.807, 2.05) is 38.1 Å². The number of carbonyl (C=O) groups is 1. The Kier molecular flexibility index (Phi) is 6.09. The molecule has 0 bridgehead atoms. The SMILES string of the molecule is Cc1cc(C)c2sc(N(Cc3ccccn3)C(=O)C3CCCCN3S(C)(=O)=O)nc2c1. The first-order valence-electron chi connectivity index (χ1n) is 10.3. The van der Waals surface area contributed by atoms with Gasteiger partial charge in [-0.3, -0.25) is 14.7 Å². The van der Waals surface area contributed by atoms with Gasteiger partial charge in [0.05, 0.1) is 28.7 Å². The Balaban J connectivity index is 1.77. The zero-order chi connectivity index (χ0) is 22.2. The monoisotopic (exact) mass is 458 g/mol. The molecule has 0 N–H and O–H groups in total. The number of amides is 1. The van der Waals surface area contributed by atoms with E-state index < -0.39 is 16.1 Å². The summed E-state index contributed by atoms with van der Waals surface area (Å²) in [5, 5.41) is 0.568. The summed E-state index contributed by atoms with van der Waals surface area (Å²) < 4.78 is 27.1. The zero-order valence-electron chi connectivity index (χ0n) is 17.9. The Hall–Kier alpha value is -2.36. The van der Waals surface area contributed by atoms with Crippen LogP contribution in [0.2, 0.25) is 0 Å². The molecule has 4 rings (SSSR count). The predicted octanol–water partition coefficient (Wildman–Crippen LogP) is 3.66. The lowest BCUT2D eigenvalue weighted by molar-refractivity contribution is -0.123. The van der Waals surface area contributed by atoms with Gasteiger partial charge in [0.15, 0.2) is 5.13 Å². The highest BCUT2D eigenvalue weighted by atomic mass is 32.2. The number of hydrogen-bond donors (Lipinski definition) is 0. The Morgan fingerprint density at radius 2 is 2.06 bits per heavy atom. The fraction of sp³-hybridized carbons (Fsp3) is 0.409. The predicted molar refractivity (Wildman–Crippen MR) is 124 cm³/mol. The molecule has 1 aliphatic heterocycles. The first-order valence-corrected chi connectivity index (χ1v) is 13.0. The van der Waals surface area contributed by atoms with E-state index in [4.69, 9.17) is 4.98 Å². The van der Waals surface area contributed by atoms with Gasteiger partial charge in [-0.25, -0.2) is 13.4 Å². The summed E-state index contributed by atoms with van der Waals surface area (Å²) in [5.41, 5.74) is 3.80. The van der Waals surface area contributed by atoms with E-state index in [1.54, 1.807) is 11.1 Å². The molecule has 1 unspecified atom stereocenters. The standard InChI is InChI=1S/C22H26N4O3S2/c1-15-12-16(2)20-18(13-15)24-22(30-20)25(14-17-8-4-6-10-23-17)21(27)19-9-5-7-11-26(19)31(3,28)29/h4,6,8,10,12-13,19H,5,7,9,11,14H2,1-3H3. The van der Waals surface area contributed by atoms with Crippen LogP contribution < -0.4 is 4.90 Å². The van der Waals surface area contributed by atoms with Gasteiger partial charge in [-0.15, -0.1) is 0 Å². The van der Waals surface area contributed by atoms with Gasteiger partial charge in [-0.2, -0.15) is 4.31 Å². The third kappa shape index (κ3) is 4.63. The number of sulfonamides is 1. The van der Waals surface area contributed by atoms with Gasteiger partial charge < -0.3 is 0 Å². The number of aromatic nitrogens is 2. The second-order valence-electron chi connectivity index (χ2n) is 8.06. The fourth-order valence-corrected chi connectivity index (χ4v) is 6.24. The lowest BCUT2D eigenvalue weighted by Crippen LogP contribution is -2.52. The van der Waals surface area contributed by atoms with Crippen LogP contribution in [0.25, 0.3) is 10.2 Å². The first kappa shape index (κ1) is 21.9. The van der Waals surface area contributed by atoms with Crippen LogP contribution in [-0.2, 0) is 21.4 Å². The maximum atomic E-state index is 13.7. The van der Waals surface area contributed by atoms with Gasteiger partial charge in [0, 0.05) is 12.7 Å². The normalized spacial score (nSPS) is 17.7. The van der Waals surface area contributed by atoms with E-state index in [0.29, 0.717) is 18.1 Å². The van der Waals surface area contributed by atoms with E-state index >= 15 is 0 Å². The summed E-state index contributed by atoms with van der Waals surface area (Å²) in [4.78, 5) is 24.5. The number of fused-ring (bicyclic) bond motifs is 1. The Morgan fingerprint density at radius 3 is 2.77 bits per heavy atom. The topological polar surface area (TPSA) is 83.5 Å². The summed E-state index contributed by atoms with van der Waals surface area (Å²) in [6.07, 6.45) is 4.95. The number of hydrogen-bond acceptors (Lipinski definition) is 6. The molecule has 1 saturated heterocycles. The minimum Gasteiger partial charge on any atom is -0.281 e. The molecule has 31 heavy (non-hydrogen) atoms. The molecule has 0 saturated carbocycles. The minimum absolute atomic E-state index is 0.242. The van der Waals surface area contributed by atoms with Crippen LogP contribution in [0.1, 0.15) is 36.1 Å². The molecule has 1 aliphatic rings. The van der Waals surface area contributed by atoms with Crippen molar-refractivity contribution in [1.29, 1.82) is 0 Å². The molecule has 164 valence electrons. The summed E-state index contributed by atoms with van der Waals surface area (Å²) in [6, 6.07) is 8.95. The average molecular weight is 459 g/mol. The molecule has 2 aromatic heterocycles. The van der Waals surface area contributed by atoms with Crippen molar-refractivity contribution < 1.29 is 13.2 Å². The second kappa shape index (κ2) is 8.64. The summed E-state index contributed by atoms with van der Waals surface area (Å²) in [6.45, 7) is 4.67. The number of pyridine rings is 1. The van der Waals surface area contributed by atoms with Crippen molar-refractivity contribution in [3.63, 3.8) is 0 Å². The first-order chi connectivity index (χ1) is 14.7. The quantitative estimate of drug-likeness (QED) is 0.583. The largest absolute Gasteiger partial charge is 0.281 e. The molecule has 7 nitrogen and oxygen atoms in total. The Morgan fingerprint density at radius 1 is 1.26 bits per heavy atom. The second-order valence-corrected chi connectivity index (χ2v) is 11.0. The van der Waals surface area contributed by atoms with E-state index in [9.17, 15) is 13.2 Å². The van der Waals surface area contributed by atoms with Gasteiger partial charge in [-0.05, 0) is 56.0 Å². The number of aryl methyl sites for hydroxylation is 2. The maximum Gasteiger partial charge on any atom is 0.247 e. The highest BCUT2D eigenvalue weighted by Crippen LogP contribution is 2.34. The van der Waals surface area contributed by atoms with Gasteiger partial charge in [0.1, 0.15) is 6.04 Å². The molecule has 0 spiro atoms. The average Bonchev–Trinajstić information content (AvgIpc) is 3.16. The number of thiazole rings is 1. The molecule has 3 heterocycles. The van der Waals surface area contributed by atoms with Gasteiger partial charge in [-0.1, -0.05) is 29.9 Å². The molecule has 0 radical (unpaired) electrons. The third-order valence-electron chi connectivity index (χ3n) is 5.52. The van der Waals surface area contributed by atoms with Crippen LogP contribution >= 0.6 is 11.3 Å². The minimum atomic E-state index is -3.49. The number of carbonyl (C=O) groups excluding carboxylic acids is 1. The van der Waals surface area contributed by atoms with Crippen molar-refractivity contribution in [2.45, 2.75) is 45.7 Å². The molecule has 1 fully saturated rings. The van der Waals surface area contributed by atoms with Gasteiger partial charge >= 0.3 is 0 Å². The number of anilines is 1. The van der Waals surface area contributed by atoms with Gasteiger partial charge in [0.2, 0.25) is 15.9 Å². The Labute approximate surface area is 186 Å². The van der Waals surface area contributed by atoms with E-state index in [0.717, 1.165) is 39.9 Å². The molecule has 9 heteroatoms. The smallest absolute Gasteiger partial charge is 0.247 e. The molecular weight excluding hydrogens is 432 g/mol. The number of rotatable bonds is 5. The van der Waals surface area contributed by atoms with E-state index in [-0.39, 0.29) is 12.5 Å². The van der Waals surface area contributed by atoms with Crippen LogP contribution in [0, 0.1) is 13.8 Å². The van der Waals surface area contributed by atoms with Crippen LogP contribution in [0.4, 0.5) is 5.13 Å². The highest BCUT2D eigenvalue weighted by molar-refractivity contribution is 7.88. The Bertz CT molecular complexity index is 1210. The van der Waals surface area contributed by atoms with Crippen molar-refractivity contribution in [1.82, 2.24) is 14.3 Å². The fourth-order valence-electron chi connectivity index (χ4n) is 4.10. The summed E-state index contributed by atoms with van der Waals surface area (Å²) >= 11 is 1.46. The number of benzene rings is 1. The summed E-state index contributed by atoms with van der Waals surface area (Å²) in [7, 11) is -3.49. The molecule has 0 aliphatic carbocycles. The van der Waals surface area contributed by atoms with Crippen molar-refractivity contribution in [3.05, 3.63) is 53.3 Å². The lowest BCUT2D eigenvalue weighted by Gasteiger charge is -2.35. The number of nitrogens with zero attached hydrogens (tertiary/aromatic N) is 4. The lowest BCUT2D eigenvalue weighted by atomic mass is 10.0. The molecule has 1 atom stereocenters. The zero-order valence-corrected chi connectivity index (χ0v) is 19.5. The van der Waals surface area contributed by atoms with Crippen molar-refractivity contribution in [2.75, 3.05) is 17.7 Å². The highest BCUT2D eigenvalue weighted by Gasteiger charge is 2.38. The van der Waals surface area contributed by atoms with Crippen LogP contribution in [0.3, 0.4) is 0 Å². The molecule has 1 aromatic carbocycles. The van der Waals surface area contributed by atoms with Crippen molar-refractivity contribution in [2.24, 2.45) is 0 Å². The molecular formula is C22H26N4O3S2. The summed E-state index contributed by atoms with van der Waals surface area (Å²) in [5.74, 6) is -0.246. The van der Waals surface area contributed by atoms with Crippen LogP contribution in [0.5, 0.6) is 0 Å². The van der Waals surface area contributed by atoms with Crippen molar-refractivity contribution in [3.8, 4) is 0 Å². The van der Waals surface area contributed by atoms with Gasteiger partial charge in [0.25, 0.3) is 0 Å². The molecule has 3 aromatic rings.